The summed E-state index contributed by atoms with van der Waals surface area (Å²) in [6.07, 6.45) is 0.664. The van der Waals surface area contributed by atoms with E-state index in [1.807, 2.05) is 24.3 Å². The first-order valence-corrected chi connectivity index (χ1v) is 7.76. The Balaban J connectivity index is 1.54. The van der Waals surface area contributed by atoms with Crippen LogP contribution in [0.25, 0.3) is 0 Å². The monoisotopic (exact) mass is 316 g/mol. The first kappa shape index (κ1) is 15.6. The molecule has 0 radical (unpaired) electrons. The molecule has 2 heterocycles. The molecular formula is C16H20N4O3. The summed E-state index contributed by atoms with van der Waals surface area (Å²) >= 11 is 0. The number of rotatable bonds is 4. The van der Waals surface area contributed by atoms with E-state index in [-0.39, 0.29) is 11.8 Å². The third-order valence-electron chi connectivity index (χ3n) is 3.89. The number of carbonyl (C=O) groups excluding carboxylic acids is 2. The number of morpholine rings is 1. The van der Waals surface area contributed by atoms with Crippen LogP contribution < -0.4 is 10.7 Å². The zero-order valence-corrected chi connectivity index (χ0v) is 12.9. The Morgan fingerprint density at radius 3 is 2.61 bits per heavy atom. The maximum absolute atomic E-state index is 12.1. The number of nitrogens with one attached hydrogen (secondary N) is 2. The summed E-state index contributed by atoms with van der Waals surface area (Å²) in [6, 6.07) is 7.79. The Hall–Kier alpha value is -2.25. The van der Waals surface area contributed by atoms with Crippen LogP contribution in [0.4, 0.5) is 5.69 Å². The van der Waals surface area contributed by atoms with E-state index in [9.17, 15) is 9.59 Å². The molecule has 2 N–H and O–H groups in total. The lowest BCUT2D eigenvalue weighted by molar-refractivity contribution is -0.121. The van der Waals surface area contributed by atoms with E-state index in [4.69, 9.17) is 4.74 Å². The van der Waals surface area contributed by atoms with Crippen LogP contribution in [0, 0.1) is 0 Å². The van der Waals surface area contributed by atoms with Crippen molar-refractivity contribution in [3.8, 4) is 0 Å². The van der Waals surface area contributed by atoms with Gasteiger partial charge in [0, 0.05) is 38.2 Å². The number of amides is 2. The number of carbonyl (C=O) groups is 2. The first-order valence-electron chi connectivity index (χ1n) is 7.76. The molecular weight excluding hydrogens is 296 g/mol. The van der Waals surface area contributed by atoms with Gasteiger partial charge in [-0.2, -0.15) is 5.10 Å². The standard InChI is InChI=1S/C16H20N4O3/c21-15-6-5-14(18-19-15)16(22)17-13-3-1-12(2-4-13)11-20-7-9-23-10-8-20/h1-4H,5-11H2,(H,17,22)(H,19,21). The Bertz CT molecular complexity index is 606. The van der Waals surface area contributed by atoms with Crippen LogP contribution >= 0.6 is 0 Å². The van der Waals surface area contributed by atoms with E-state index < -0.39 is 0 Å². The summed E-state index contributed by atoms with van der Waals surface area (Å²) in [5.74, 6) is -0.431. The molecule has 2 amide bonds. The van der Waals surface area contributed by atoms with Crippen molar-refractivity contribution in [2.75, 3.05) is 31.6 Å². The summed E-state index contributed by atoms with van der Waals surface area (Å²) in [6.45, 7) is 4.35. The second-order valence-electron chi connectivity index (χ2n) is 5.63. The van der Waals surface area contributed by atoms with Gasteiger partial charge in [-0.15, -0.1) is 0 Å². The number of nitrogens with zero attached hydrogens (tertiary/aromatic N) is 2. The van der Waals surface area contributed by atoms with Gasteiger partial charge in [0.15, 0.2) is 0 Å². The van der Waals surface area contributed by atoms with Gasteiger partial charge >= 0.3 is 0 Å². The molecule has 0 atom stereocenters. The molecule has 0 saturated carbocycles. The van der Waals surface area contributed by atoms with E-state index in [0.29, 0.717) is 18.6 Å². The summed E-state index contributed by atoms with van der Waals surface area (Å²) < 4.78 is 5.34. The van der Waals surface area contributed by atoms with Crippen molar-refractivity contribution in [1.82, 2.24) is 10.3 Å². The van der Waals surface area contributed by atoms with Gasteiger partial charge in [-0.05, 0) is 17.7 Å². The number of benzene rings is 1. The molecule has 2 aliphatic heterocycles. The highest BCUT2D eigenvalue weighted by Crippen LogP contribution is 2.13. The summed E-state index contributed by atoms with van der Waals surface area (Å²) in [5, 5.41) is 6.59. The molecule has 3 rings (SSSR count). The molecule has 23 heavy (non-hydrogen) atoms. The highest BCUT2D eigenvalue weighted by Gasteiger charge is 2.18. The third kappa shape index (κ3) is 4.37. The molecule has 0 aromatic heterocycles. The maximum Gasteiger partial charge on any atom is 0.271 e. The van der Waals surface area contributed by atoms with Crippen molar-refractivity contribution in [2.45, 2.75) is 19.4 Å². The van der Waals surface area contributed by atoms with Crippen LogP contribution in [0.15, 0.2) is 29.4 Å². The smallest absolute Gasteiger partial charge is 0.271 e. The Morgan fingerprint density at radius 1 is 1.22 bits per heavy atom. The molecule has 7 nitrogen and oxygen atoms in total. The van der Waals surface area contributed by atoms with Crippen LogP contribution in [0.2, 0.25) is 0 Å². The molecule has 0 spiro atoms. The number of hydrazone groups is 1. The summed E-state index contributed by atoms with van der Waals surface area (Å²) in [5.41, 5.74) is 4.60. The summed E-state index contributed by atoms with van der Waals surface area (Å²) in [4.78, 5) is 25.4. The fraction of sp³-hybridized carbons (Fsp3) is 0.438. The Labute approximate surface area is 134 Å². The van der Waals surface area contributed by atoms with Crippen molar-refractivity contribution in [2.24, 2.45) is 5.10 Å². The van der Waals surface area contributed by atoms with Crippen LogP contribution in [0.1, 0.15) is 18.4 Å². The van der Waals surface area contributed by atoms with Crippen molar-refractivity contribution in [3.63, 3.8) is 0 Å². The van der Waals surface area contributed by atoms with Gasteiger partial charge in [-0.3, -0.25) is 14.5 Å². The number of ether oxygens (including phenoxy) is 1. The van der Waals surface area contributed by atoms with Crippen LogP contribution in [-0.2, 0) is 20.9 Å². The van der Waals surface area contributed by atoms with Crippen molar-refractivity contribution >= 4 is 23.2 Å². The predicted molar refractivity (Wildman–Crippen MR) is 86.0 cm³/mol. The van der Waals surface area contributed by atoms with Crippen molar-refractivity contribution in [1.29, 1.82) is 0 Å². The van der Waals surface area contributed by atoms with Gasteiger partial charge in [0.05, 0.1) is 13.2 Å². The van der Waals surface area contributed by atoms with E-state index in [1.165, 1.54) is 5.56 Å². The fourth-order valence-electron chi connectivity index (χ4n) is 2.55. The lowest BCUT2D eigenvalue weighted by Crippen LogP contribution is -2.35. The largest absolute Gasteiger partial charge is 0.379 e. The summed E-state index contributed by atoms with van der Waals surface area (Å²) in [7, 11) is 0. The molecule has 0 bridgehead atoms. The van der Waals surface area contributed by atoms with E-state index in [2.05, 4.69) is 20.7 Å². The second kappa shape index (κ2) is 7.34. The molecule has 1 aromatic carbocycles. The SMILES string of the molecule is O=C1CCC(C(=O)Nc2ccc(CN3CCOCC3)cc2)=NN1. The normalized spacial score (nSPS) is 19.0. The van der Waals surface area contributed by atoms with Crippen LogP contribution in [-0.4, -0.2) is 48.7 Å². The lowest BCUT2D eigenvalue weighted by Gasteiger charge is -2.26. The Kier molecular flexibility index (Phi) is 4.99. The van der Waals surface area contributed by atoms with Crippen LogP contribution in [0.3, 0.4) is 0 Å². The second-order valence-corrected chi connectivity index (χ2v) is 5.63. The van der Waals surface area contributed by atoms with Crippen LogP contribution in [0.5, 0.6) is 0 Å². The minimum absolute atomic E-state index is 0.158. The van der Waals surface area contributed by atoms with Gasteiger partial charge in [-0.1, -0.05) is 12.1 Å². The van der Waals surface area contributed by atoms with Gasteiger partial charge in [0.2, 0.25) is 5.91 Å². The fourth-order valence-corrected chi connectivity index (χ4v) is 2.55. The number of anilines is 1. The maximum atomic E-state index is 12.1. The average Bonchev–Trinajstić information content (AvgIpc) is 2.58. The third-order valence-corrected chi connectivity index (χ3v) is 3.89. The van der Waals surface area contributed by atoms with Gasteiger partial charge in [-0.25, -0.2) is 5.43 Å². The van der Waals surface area contributed by atoms with E-state index in [0.717, 1.165) is 38.5 Å². The van der Waals surface area contributed by atoms with E-state index >= 15 is 0 Å². The van der Waals surface area contributed by atoms with Crippen molar-refractivity contribution in [3.05, 3.63) is 29.8 Å². The molecule has 1 fully saturated rings. The minimum Gasteiger partial charge on any atom is -0.379 e. The van der Waals surface area contributed by atoms with E-state index in [1.54, 1.807) is 0 Å². The molecule has 122 valence electrons. The molecule has 1 saturated heterocycles. The predicted octanol–water partition coefficient (Wildman–Crippen LogP) is 0.723. The first-order chi connectivity index (χ1) is 11.2. The Morgan fingerprint density at radius 2 is 1.96 bits per heavy atom. The van der Waals surface area contributed by atoms with Gasteiger partial charge in [0.1, 0.15) is 5.71 Å². The zero-order chi connectivity index (χ0) is 16.1. The molecule has 1 aromatic rings. The average molecular weight is 316 g/mol. The minimum atomic E-state index is -0.272. The molecule has 7 heteroatoms. The molecule has 0 unspecified atom stereocenters. The molecule has 0 aliphatic carbocycles. The van der Waals surface area contributed by atoms with Gasteiger partial charge < -0.3 is 10.1 Å². The quantitative estimate of drug-likeness (QED) is 0.857. The number of hydrogen-bond acceptors (Lipinski definition) is 5. The van der Waals surface area contributed by atoms with Gasteiger partial charge in [0.25, 0.3) is 5.91 Å². The highest BCUT2D eigenvalue weighted by molar-refractivity contribution is 6.43. The highest BCUT2D eigenvalue weighted by atomic mass is 16.5. The topological polar surface area (TPSA) is 83.0 Å². The number of hydrogen-bond donors (Lipinski definition) is 2. The van der Waals surface area contributed by atoms with Crippen molar-refractivity contribution < 1.29 is 14.3 Å². The zero-order valence-electron chi connectivity index (χ0n) is 12.9. The molecule has 2 aliphatic rings. The lowest BCUT2D eigenvalue weighted by atomic mass is 10.1.